The quantitative estimate of drug-likeness (QED) is 0.870. The van der Waals surface area contributed by atoms with Gasteiger partial charge in [-0.3, -0.25) is 14.6 Å². The SMILES string of the molecule is Cn1cc(C(=O)N2CCC[C@@H](c3cc(CCO)[nH]n3)C2)cn1. The number of aryl methyl sites for hydroxylation is 1. The lowest BCUT2D eigenvalue weighted by molar-refractivity contribution is 0.0706. The number of aromatic amines is 1. The normalized spacial score (nSPS) is 18.6. The van der Waals surface area contributed by atoms with Crippen molar-refractivity contribution in [2.75, 3.05) is 19.7 Å². The van der Waals surface area contributed by atoms with Gasteiger partial charge < -0.3 is 10.0 Å². The van der Waals surface area contributed by atoms with Crippen LogP contribution in [0.2, 0.25) is 0 Å². The molecule has 1 amide bonds. The second-order valence-corrected chi connectivity index (χ2v) is 5.78. The van der Waals surface area contributed by atoms with E-state index in [9.17, 15) is 4.79 Å². The molecule has 2 N–H and O–H groups in total. The number of amides is 1. The zero-order chi connectivity index (χ0) is 15.5. The van der Waals surface area contributed by atoms with Gasteiger partial charge in [-0.1, -0.05) is 0 Å². The van der Waals surface area contributed by atoms with Crippen molar-refractivity contribution in [1.82, 2.24) is 24.9 Å². The first-order valence-corrected chi connectivity index (χ1v) is 7.60. The van der Waals surface area contributed by atoms with Crippen LogP contribution in [0.4, 0.5) is 0 Å². The molecule has 7 nitrogen and oxygen atoms in total. The number of nitrogens with zero attached hydrogens (tertiary/aromatic N) is 4. The molecule has 2 aromatic rings. The lowest BCUT2D eigenvalue weighted by atomic mass is 9.94. The van der Waals surface area contributed by atoms with Crippen molar-refractivity contribution >= 4 is 5.91 Å². The number of carbonyl (C=O) groups excluding carboxylic acids is 1. The number of rotatable bonds is 4. The first-order chi connectivity index (χ1) is 10.7. The molecule has 1 atom stereocenters. The summed E-state index contributed by atoms with van der Waals surface area (Å²) in [4.78, 5) is 14.4. The van der Waals surface area contributed by atoms with Crippen molar-refractivity contribution < 1.29 is 9.90 Å². The Hall–Kier alpha value is -2.15. The predicted molar refractivity (Wildman–Crippen MR) is 80.5 cm³/mol. The third kappa shape index (κ3) is 3.04. The smallest absolute Gasteiger partial charge is 0.257 e. The van der Waals surface area contributed by atoms with Gasteiger partial charge in [-0.25, -0.2) is 0 Å². The average Bonchev–Trinajstić information content (AvgIpc) is 3.16. The second kappa shape index (κ2) is 6.31. The molecule has 0 radical (unpaired) electrons. The van der Waals surface area contributed by atoms with Gasteiger partial charge in [0.1, 0.15) is 0 Å². The number of aliphatic hydroxyl groups excluding tert-OH is 1. The number of aliphatic hydroxyl groups is 1. The molecule has 22 heavy (non-hydrogen) atoms. The molecule has 1 saturated heterocycles. The van der Waals surface area contributed by atoms with Gasteiger partial charge in [-0.15, -0.1) is 0 Å². The van der Waals surface area contributed by atoms with Crippen LogP contribution in [0.1, 0.15) is 40.5 Å². The summed E-state index contributed by atoms with van der Waals surface area (Å²) in [6, 6.07) is 2.00. The van der Waals surface area contributed by atoms with Crippen molar-refractivity contribution in [1.29, 1.82) is 0 Å². The molecule has 1 aliphatic rings. The van der Waals surface area contributed by atoms with Crippen LogP contribution >= 0.6 is 0 Å². The van der Waals surface area contributed by atoms with E-state index in [1.165, 1.54) is 0 Å². The Morgan fingerprint density at radius 3 is 3.14 bits per heavy atom. The zero-order valence-corrected chi connectivity index (χ0v) is 12.7. The third-order valence-electron chi connectivity index (χ3n) is 4.11. The highest BCUT2D eigenvalue weighted by molar-refractivity contribution is 5.93. The van der Waals surface area contributed by atoms with Gasteiger partial charge in [0.05, 0.1) is 17.5 Å². The maximum Gasteiger partial charge on any atom is 0.257 e. The van der Waals surface area contributed by atoms with Gasteiger partial charge in [-0.2, -0.15) is 10.2 Å². The number of likely N-dealkylation sites (tertiary alicyclic amines) is 1. The summed E-state index contributed by atoms with van der Waals surface area (Å²) in [5.74, 6) is 0.280. The van der Waals surface area contributed by atoms with Crippen LogP contribution in [0.25, 0.3) is 0 Å². The van der Waals surface area contributed by atoms with Gasteiger partial charge >= 0.3 is 0 Å². The van der Waals surface area contributed by atoms with Crippen LogP contribution in [-0.4, -0.2) is 55.6 Å². The fourth-order valence-corrected chi connectivity index (χ4v) is 2.95. The van der Waals surface area contributed by atoms with Crippen LogP contribution in [0, 0.1) is 0 Å². The minimum atomic E-state index is 0.0314. The highest BCUT2D eigenvalue weighted by Gasteiger charge is 2.27. The van der Waals surface area contributed by atoms with E-state index in [4.69, 9.17) is 5.11 Å². The van der Waals surface area contributed by atoms with E-state index in [2.05, 4.69) is 15.3 Å². The van der Waals surface area contributed by atoms with E-state index in [0.29, 0.717) is 18.5 Å². The van der Waals surface area contributed by atoms with Gasteiger partial charge in [0.2, 0.25) is 0 Å². The summed E-state index contributed by atoms with van der Waals surface area (Å²) in [5.41, 5.74) is 2.55. The molecule has 0 aliphatic carbocycles. The van der Waals surface area contributed by atoms with E-state index < -0.39 is 0 Å². The number of aromatic nitrogens is 4. The van der Waals surface area contributed by atoms with Crippen molar-refractivity contribution in [2.45, 2.75) is 25.2 Å². The molecule has 0 spiro atoms. The minimum absolute atomic E-state index is 0.0314. The zero-order valence-electron chi connectivity index (χ0n) is 12.7. The van der Waals surface area contributed by atoms with E-state index in [-0.39, 0.29) is 18.4 Å². The summed E-state index contributed by atoms with van der Waals surface area (Å²) < 4.78 is 1.64. The number of hydrogen-bond acceptors (Lipinski definition) is 4. The number of nitrogens with one attached hydrogen (secondary N) is 1. The lowest BCUT2D eigenvalue weighted by Crippen LogP contribution is -2.39. The van der Waals surface area contributed by atoms with Gasteiger partial charge in [0.25, 0.3) is 5.91 Å². The lowest BCUT2D eigenvalue weighted by Gasteiger charge is -2.31. The molecular formula is C15H21N5O2. The van der Waals surface area contributed by atoms with E-state index in [1.807, 2.05) is 18.0 Å². The molecular weight excluding hydrogens is 282 g/mol. The van der Waals surface area contributed by atoms with Crippen LogP contribution in [-0.2, 0) is 13.5 Å². The summed E-state index contributed by atoms with van der Waals surface area (Å²) in [7, 11) is 1.81. The Balaban J connectivity index is 1.69. The van der Waals surface area contributed by atoms with Gasteiger partial charge in [0, 0.05) is 51.0 Å². The molecule has 7 heteroatoms. The third-order valence-corrected chi connectivity index (χ3v) is 4.11. The molecule has 3 heterocycles. The van der Waals surface area contributed by atoms with Gasteiger partial charge in [0.15, 0.2) is 0 Å². The number of hydrogen-bond donors (Lipinski definition) is 2. The summed E-state index contributed by atoms with van der Waals surface area (Å²) in [6.07, 6.45) is 5.94. The Morgan fingerprint density at radius 1 is 1.55 bits per heavy atom. The average molecular weight is 303 g/mol. The minimum Gasteiger partial charge on any atom is -0.396 e. The first-order valence-electron chi connectivity index (χ1n) is 7.60. The van der Waals surface area contributed by atoms with E-state index in [0.717, 1.165) is 30.8 Å². The monoisotopic (exact) mass is 303 g/mol. The maximum atomic E-state index is 12.5. The molecule has 0 saturated carbocycles. The van der Waals surface area contributed by atoms with Crippen LogP contribution < -0.4 is 0 Å². The largest absolute Gasteiger partial charge is 0.396 e. The topological polar surface area (TPSA) is 87.0 Å². The van der Waals surface area contributed by atoms with Crippen molar-refractivity contribution in [3.8, 4) is 0 Å². The molecule has 1 aliphatic heterocycles. The van der Waals surface area contributed by atoms with Crippen LogP contribution in [0.15, 0.2) is 18.5 Å². The molecule has 0 bridgehead atoms. The Bertz CT molecular complexity index is 648. The number of H-pyrrole nitrogens is 1. The fourth-order valence-electron chi connectivity index (χ4n) is 2.95. The second-order valence-electron chi connectivity index (χ2n) is 5.78. The predicted octanol–water partition coefficient (Wildman–Crippen LogP) is 0.698. The van der Waals surface area contributed by atoms with E-state index in [1.54, 1.807) is 17.1 Å². The highest BCUT2D eigenvalue weighted by atomic mass is 16.3. The van der Waals surface area contributed by atoms with Crippen molar-refractivity contribution in [3.05, 3.63) is 35.4 Å². The number of carbonyl (C=O) groups is 1. The summed E-state index contributed by atoms with van der Waals surface area (Å²) in [5, 5.41) is 20.3. The van der Waals surface area contributed by atoms with Crippen LogP contribution in [0.3, 0.4) is 0 Å². The highest BCUT2D eigenvalue weighted by Crippen LogP contribution is 2.27. The molecule has 2 aromatic heterocycles. The van der Waals surface area contributed by atoms with Crippen LogP contribution in [0.5, 0.6) is 0 Å². The standard InChI is InChI=1S/C15H21N5O2/c1-19-9-12(8-16-19)15(22)20-5-2-3-11(10-20)14-7-13(4-6-21)17-18-14/h7-9,11,21H,2-6,10H2,1H3,(H,17,18)/t11-/m1/s1. The fraction of sp³-hybridized carbons (Fsp3) is 0.533. The molecule has 0 aromatic carbocycles. The first kappa shape index (κ1) is 14.8. The number of piperidine rings is 1. The van der Waals surface area contributed by atoms with Gasteiger partial charge in [-0.05, 0) is 18.9 Å². The Morgan fingerprint density at radius 2 is 2.41 bits per heavy atom. The summed E-state index contributed by atoms with van der Waals surface area (Å²) >= 11 is 0. The maximum absolute atomic E-state index is 12.5. The van der Waals surface area contributed by atoms with E-state index >= 15 is 0 Å². The van der Waals surface area contributed by atoms with Crippen molar-refractivity contribution in [2.24, 2.45) is 7.05 Å². The summed E-state index contributed by atoms with van der Waals surface area (Å²) in [6.45, 7) is 1.56. The Labute approximate surface area is 128 Å². The molecule has 1 fully saturated rings. The molecule has 118 valence electrons. The van der Waals surface area contributed by atoms with Crippen molar-refractivity contribution in [3.63, 3.8) is 0 Å². The molecule has 0 unspecified atom stereocenters. The Kier molecular flexibility index (Phi) is 4.24. The molecule has 3 rings (SSSR count).